The lowest BCUT2D eigenvalue weighted by Crippen LogP contribution is -2.41. The number of rotatable bonds is 4. The van der Waals surface area contributed by atoms with Gasteiger partial charge in [0.05, 0.1) is 17.4 Å². The van der Waals surface area contributed by atoms with Crippen LogP contribution in [0.25, 0.3) is 32.8 Å². The lowest BCUT2D eigenvalue weighted by Gasteiger charge is -2.38. The van der Waals surface area contributed by atoms with E-state index in [1.807, 2.05) is 24.3 Å². The number of piperidine rings is 1. The van der Waals surface area contributed by atoms with E-state index in [0.717, 1.165) is 30.2 Å². The first-order chi connectivity index (χ1) is 17.9. The summed E-state index contributed by atoms with van der Waals surface area (Å²) in [7, 11) is 0. The molecule has 2 N–H and O–H groups in total. The van der Waals surface area contributed by atoms with E-state index in [2.05, 4.69) is 33.9 Å². The highest BCUT2D eigenvalue weighted by atomic mass is 35.5. The molecule has 5 aromatic rings. The molecule has 0 unspecified atom stereocenters. The number of phenols is 1. The third-order valence-electron chi connectivity index (χ3n) is 7.03. The minimum atomic E-state index is -0.600. The number of nitrogens with one attached hydrogen (secondary N) is 1. The van der Waals surface area contributed by atoms with Crippen LogP contribution in [0, 0.1) is 11.7 Å². The summed E-state index contributed by atoms with van der Waals surface area (Å²) >= 11 is 6.79. The number of aromatic amines is 1. The van der Waals surface area contributed by atoms with Gasteiger partial charge in [-0.1, -0.05) is 42.8 Å². The van der Waals surface area contributed by atoms with Crippen molar-refractivity contribution in [3.8, 4) is 28.6 Å². The summed E-state index contributed by atoms with van der Waals surface area (Å²) in [5.74, 6) is 0.872. The summed E-state index contributed by atoms with van der Waals surface area (Å²) in [6.45, 7) is 5.11. The fraction of sp³-hybridized carbons (Fsp3) is 0.250. The molecule has 9 heteroatoms. The van der Waals surface area contributed by atoms with Gasteiger partial charge in [-0.25, -0.2) is 4.39 Å². The molecule has 0 bridgehead atoms. The van der Waals surface area contributed by atoms with Crippen molar-refractivity contribution in [2.75, 3.05) is 11.4 Å². The van der Waals surface area contributed by atoms with Crippen molar-refractivity contribution in [1.82, 2.24) is 20.2 Å². The average molecular weight is 518 g/mol. The molecule has 2 atom stereocenters. The van der Waals surface area contributed by atoms with Gasteiger partial charge < -0.3 is 14.7 Å². The Hall–Kier alpha value is -3.91. The Morgan fingerprint density at radius 3 is 2.76 bits per heavy atom. The highest BCUT2D eigenvalue weighted by Gasteiger charge is 2.29. The number of H-pyrrole nitrogens is 1. The molecule has 37 heavy (non-hydrogen) atoms. The van der Waals surface area contributed by atoms with Crippen molar-refractivity contribution in [3.63, 3.8) is 0 Å². The summed E-state index contributed by atoms with van der Waals surface area (Å²) in [6, 6.07) is 12.6. The number of ether oxygens (including phenoxy) is 1. The van der Waals surface area contributed by atoms with Gasteiger partial charge in [0.1, 0.15) is 17.1 Å². The van der Waals surface area contributed by atoms with E-state index in [4.69, 9.17) is 21.3 Å². The summed E-state index contributed by atoms with van der Waals surface area (Å²) in [6.07, 6.45) is 5.18. The summed E-state index contributed by atoms with van der Waals surface area (Å²) in [4.78, 5) is 11.4. The molecule has 0 radical (unpaired) electrons. The molecule has 0 amide bonds. The summed E-state index contributed by atoms with van der Waals surface area (Å²) in [5.41, 5.74) is 0.749. The van der Waals surface area contributed by atoms with Crippen LogP contribution in [0.5, 0.6) is 17.5 Å². The zero-order chi connectivity index (χ0) is 25.7. The Balaban J connectivity index is 1.62. The standard InChI is InChI=1S/C28H25ClFN5O2/c1-15-7-8-16(2)35(14-15)27-22-11-23(29)24(21-10-18(36)9-17-5-3-4-6-20(17)21)25(30)26(22)33-28(34-27)37-19-12-31-32-13-19/h3-6,9-13,15-16,36H,7-8,14H2,1-2H3,(H,31,32)/t15-,16-/m0/s1. The third kappa shape index (κ3) is 4.21. The smallest absolute Gasteiger partial charge is 0.324 e. The molecule has 188 valence electrons. The lowest BCUT2D eigenvalue weighted by molar-refractivity contribution is 0.385. The van der Waals surface area contributed by atoms with Crippen LogP contribution in [0.3, 0.4) is 0 Å². The van der Waals surface area contributed by atoms with Crippen LogP contribution in [-0.4, -0.2) is 37.9 Å². The van der Waals surface area contributed by atoms with Gasteiger partial charge in [0.15, 0.2) is 11.6 Å². The van der Waals surface area contributed by atoms with E-state index in [9.17, 15) is 5.11 Å². The van der Waals surface area contributed by atoms with Crippen molar-refractivity contribution < 1.29 is 14.2 Å². The average Bonchev–Trinajstić information content (AvgIpc) is 3.38. The van der Waals surface area contributed by atoms with Gasteiger partial charge >= 0.3 is 6.01 Å². The first kappa shape index (κ1) is 23.5. The highest BCUT2D eigenvalue weighted by Crippen LogP contribution is 2.43. The number of nitrogens with zero attached hydrogens (tertiary/aromatic N) is 4. The van der Waals surface area contributed by atoms with E-state index in [0.29, 0.717) is 28.4 Å². The van der Waals surface area contributed by atoms with Crippen LogP contribution in [0.1, 0.15) is 26.7 Å². The number of hydrogen-bond donors (Lipinski definition) is 2. The molecular weight excluding hydrogens is 493 g/mol. The number of benzene rings is 3. The lowest BCUT2D eigenvalue weighted by atomic mass is 9.94. The normalized spacial score (nSPS) is 18.0. The van der Waals surface area contributed by atoms with Gasteiger partial charge in [0.25, 0.3) is 0 Å². The molecule has 1 fully saturated rings. The number of halogens is 2. The van der Waals surface area contributed by atoms with Crippen molar-refractivity contribution in [2.45, 2.75) is 32.7 Å². The number of fused-ring (bicyclic) bond motifs is 2. The van der Waals surface area contributed by atoms with Crippen LogP contribution in [-0.2, 0) is 0 Å². The predicted octanol–water partition coefficient (Wildman–Crippen LogP) is 7.09. The van der Waals surface area contributed by atoms with Gasteiger partial charge in [0.2, 0.25) is 0 Å². The van der Waals surface area contributed by atoms with Crippen LogP contribution in [0.15, 0.2) is 54.9 Å². The van der Waals surface area contributed by atoms with E-state index < -0.39 is 5.82 Å². The quantitative estimate of drug-likeness (QED) is 0.264. The minimum absolute atomic E-state index is 0.0160. The maximum absolute atomic E-state index is 16.5. The van der Waals surface area contributed by atoms with E-state index >= 15 is 4.39 Å². The van der Waals surface area contributed by atoms with Crippen molar-refractivity contribution >= 4 is 39.1 Å². The molecule has 1 aliphatic rings. The second-order valence-corrected chi connectivity index (χ2v) is 10.1. The van der Waals surface area contributed by atoms with E-state index in [-0.39, 0.29) is 33.9 Å². The second kappa shape index (κ2) is 9.19. The number of aromatic hydroxyl groups is 1. The number of phenolic OH excluding ortho intramolecular Hbond substituents is 1. The Morgan fingerprint density at radius 1 is 1.11 bits per heavy atom. The molecule has 7 nitrogen and oxygen atoms in total. The van der Waals surface area contributed by atoms with Crippen LogP contribution in [0.4, 0.5) is 10.2 Å². The van der Waals surface area contributed by atoms with Gasteiger partial charge in [0, 0.05) is 23.5 Å². The number of anilines is 1. The van der Waals surface area contributed by atoms with Gasteiger partial charge in [-0.15, -0.1) is 0 Å². The Bertz CT molecular complexity index is 1630. The molecule has 1 saturated heterocycles. The first-order valence-corrected chi connectivity index (χ1v) is 12.6. The maximum Gasteiger partial charge on any atom is 0.324 e. The SMILES string of the molecule is C[C@H]1CC[C@H](C)N(c2nc(Oc3cn[nH]c3)nc3c(F)c(-c4cc(O)cc5ccccc45)c(Cl)cc23)C1. The molecule has 1 aliphatic heterocycles. The zero-order valence-electron chi connectivity index (χ0n) is 20.4. The Labute approximate surface area is 217 Å². The fourth-order valence-electron chi connectivity index (χ4n) is 5.16. The second-order valence-electron chi connectivity index (χ2n) is 9.71. The largest absolute Gasteiger partial charge is 0.508 e. The number of hydrogen-bond acceptors (Lipinski definition) is 6. The van der Waals surface area contributed by atoms with Crippen molar-refractivity contribution in [1.29, 1.82) is 0 Å². The molecule has 0 aliphatic carbocycles. The van der Waals surface area contributed by atoms with Crippen molar-refractivity contribution in [3.05, 3.63) is 65.7 Å². The molecular formula is C28H25ClFN5O2. The first-order valence-electron chi connectivity index (χ1n) is 12.2. The zero-order valence-corrected chi connectivity index (χ0v) is 21.1. The van der Waals surface area contributed by atoms with Crippen molar-refractivity contribution in [2.24, 2.45) is 5.92 Å². The molecule has 3 aromatic carbocycles. The maximum atomic E-state index is 16.5. The molecule has 0 spiro atoms. The third-order valence-corrected chi connectivity index (χ3v) is 7.33. The molecule has 3 heterocycles. The van der Waals surface area contributed by atoms with Gasteiger partial charge in [-0.2, -0.15) is 15.1 Å². The fourth-order valence-corrected chi connectivity index (χ4v) is 5.45. The van der Waals surface area contributed by atoms with E-state index in [1.54, 1.807) is 18.3 Å². The van der Waals surface area contributed by atoms with Crippen LogP contribution >= 0.6 is 11.6 Å². The Morgan fingerprint density at radius 2 is 1.95 bits per heavy atom. The van der Waals surface area contributed by atoms with Gasteiger partial charge in [-0.3, -0.25) is 5.10 Å². The molecule has 0 saturated carbocycles. The predicted molar refractivity (Wildman–Crippen MR) is 143 cm³/mol. The topological polar surface area (TPSA) is 87.2 Å². The summed E-state index contributed by atoms with van der Waals surface area (Å²) in [5, 5.41) is 19.3. The van der Waals surface area contributed by atoms with Crippen LogP contribution in [0.2, 0.25) is 5.02 Å². The minimum Gasteiger partial charge on any atom is -0.508 e. The highest BCUT2D eigenvalue weighted by molar-refractivity contribution is 6.35. The molecule has 2 aromatic heterocycles. The van der Waals surface area contributed by atoms with E-state index in [1.165, 1.54) is 12.3 Å². The Kier molecular flexibility index (Phi) is 5.83. The summed E-state index contributed by atoms with van der Waals surface area (Å²) < 4.78 is 22.4. The van der Waals surface area contributed by atoms with Gasteiger partial charge in [-0.05, 0) is 60.2 Å². The molecule has 6 rings (SSSR count). The number of aromatic nitrogens is 4. The monoisotopic (exact) mass is 517 g/mol. The van der Waals surface area contributed by atoms with Crippen LogP contribution < -0.4 is 9.64 Å².